The van der Waals surface area contributed by atoms with Crippen molar-refractivity contribution in [2.45, 2.75) is 56.8 Å². The van der Waals surface area contributed by atoms with E-state index in [0.29, 0.717) is 17.9 Å². The number of rotatable bonds is 6. The maximum atomic E-state index is 13.0. The first-order chi connectivity index (χ1) is 16.8. The number of carbonyl (C=O) groups excluding carboxylic acids is 1. The van der Waals surface area contributed by atoms with Crippen LogP contribution in [0.15, 0.2) is 48.9 Å². The number of anilines is 1. The van der Waals surface area contributed by atoms with E-state index in [-0.39, 0.29) is 17.6 Å². The fourth-order valence-electron chi connectivity index (χ4n) is 6.01. The van der Waals surface area contributed by atoms with Crippen molar-refractivity contribution < 1.29 is 4.79 Å². The van der Waals surface area contributed by atoms with Crippen molar-refractivity contribution in [2.24, 2.45) is 5.92 Å². The van der Waals surface area contributed by atoms with E-state index in [0.717, 1.165) is 48.5 Å². The van der Waals surface area contributed by atoms with Crippen molar-refractivity contribution in [2.75, 3.05) is 26.0 Å². The summed E-state index contributed by atoms with van der Waals surface area (Å²) >= 11 is 0. The Hall–Kier alpha value is -3.26. The highest BCUT2D eigenvalue weighted by atomic mass is 16.2. The number of amides is 1. The quantitative estimate of drug-likeness (QED) is 0.551. The van der Waals surface area contributed by atoms with Gasteiger partial charge in [-0.2, -0.15) is 4.98 Å². The molecule has 0 radical (unpaired) electrons. The first-order valence-electron chi connectivity index (χ1n) is 12.6. The van der Waals surface area contributed by atoms with Gasteiger partial charge < -0.3 is 14.8 Å². The van der Waals surface area contributed by atoms with Gasteiger partial charge in [0.05, 0.1) is 0 Å². The SMILES string of the molecule is CC(C)N1CC(c2ccncc2)C=CC1Nc1ncc2cc(C(=O)N(C)C)n(C34CC(C3)C4)c2n1. The third-order valence-electron chi connectivity index (χ3n) is 8.01. The van der Waals surface area contributed by atoms with E-state index in [1.807, 2.05) is 24.7 Å². The minimum atomic E-state index is -0.00761. The number of nitrogens with zero attached hydrogens (tertiary/aromatic N) is 6. The topological polar surface area (TPSA) is 79.2 Å². The van der Waals surface area contributed by atoms with Crippen molar-refractivity contribution in [3.8, 4) is 0 Å². The molecule has 3 saturated carbocycles. The Kier molecular flexibility index (Phi) is 5.18. The number of nitrogens with one attached hydrogen (secondary N) is 1. The van der Waals surface area contributed by atoms with Crippen LogP contribution in [0.4, 0.5) is 5.95 Å². The minimum absolute atomic E-state index is 0.00761. The summed E-state index contributed by atoms with van der Waals surface area (Å²) in [4.78, 5) is 30.9. The van der Waals surface area contributed by atoms with Crippen LogP contribution in [0.5, 0.6) is 0 Å². The summed E-state index contributed by atoms with van der Waals surface area (Å²) in [5, 5.41) is 4.48. The molecule has 4 heterocycles. The fraction of sp³-hybridized carbons (Fsp3) is 0.481. The second-order valence-corrected chi connectivity index (χ2v) is 10.9. The summed E-state index contributed by atoms with van der Waals surface area (Å²) in [6.45, 7) is 5.34. The number of aromatic nitrogens is 4. The summed E-state index contributed by atoms with van der Waals surface area (Å²) < 4.78 is 2.22. The first kappa shape index (κ1) is 22.2. The van der Waals surface area contributed by atoms with E-state index in [9.17, 15) is 4.79 Å². The van der Waals surface area contributed by atoms with Crippen LogP contribution in [-0.2, 0) is 5.54 Å². The molecule has 3 fully saturated rings. The summed E-state index contributed by atoms with van der Waals surface area (Å²) in [5.41, 5.74) is 2.89. The van der Waals surface area contributed by atoms with Gasteiger partial charge in [-0.25, -0.2) is 4.98 Å². The van der Waals surface area contributed by atoms with Crippen LogP contribution in [0.3, 0.4) is 0 Å². The number of pyridine rings is 1. The maximum absolute atomic E-state index is 13.0. The zero-order chi connectivity index (χ0) is 24.3. The van der Waals surface area contributed by atoms with Crippen molar-refractivity contribution in [3.05, 3.63) is 60.2 Å². The van der Waals surface area contributed by atoms with E-state index >= 15 is 0 Å². The molecule has 8 nitrogen and oxygen atoms in total. The van der Waals surface area contributed by atoms with E-state index in [1.54, 1.807) is 19.0 Å². The zero-order valence-corrected chi connectivity index (χ0v) is 20.8. The Balaban J connectivity index is 1.33. The summed E-state index contributed by atoms with van der Waals surface area (Å²) in [7, 11) is 3.61. The molecule has 0 aromatic carbocycles. The van der Waals surface area contributed by atoms with Gasteiger partial charge in [0.1, 0.15) is 17.5 Å². The Bertz CT molecular complexity index is 1280. The normalized spacial score (nSPS) is 27.5. The van der Waals surface area contributed by atoms with Gasteiger partial charge in [0.15, 0.2) is 0 Å². The van der Waals surface area contributed by atoms with Crippen LogP contribution in [0.1, 0.15) is 55.1 Å². The lowest BCUT2D eigenvalue weighted by Crippen LogP contribution is -2.60. The summed E-state index contributed by atoms with van der Waals surface area (Å²) in [5.74, 6) is 1.73. The largest absolute Gasteiger partial charge is 0.343 e. The van der Waals surface area contributed by atoms with Crippen LogP contribution in [0.2, 0.25) is 0 Å². The summed E-state index contributed by atoms with van der Waals surface area (Å²) in [6.07, 6.45) is 13.4. The van der Waals surface area contributed by atoms with Gasteiger partial charge in [-0.05, 0) is 62.8 Å². The molecule has 2 bridgehead atoms. The highest BCUT2D eigenvalue weighted by molar-refractivity contribution is 5.98. The minimum Gasteiger partial charge on any atom is -0.343 e. The van der Waals surface area contributed by atoms with Gasteiger partial charge in [0.2, 0.25) is 5.95 Å². The Morgan fingerprint density at radius 2 is 1.91 bits per heavy atom. The van der Waals surface area contributed by atoms with Gasteiger partial charge in [0, 0.05) is 62.1 Å². The third-order valence-corrected chi connectivity index (χ3v) is 8.01. The third kappa shape index (κ3) is 3.62. The summed E-state index contributed by atoms with van der Waals surface area (Å²) in [6, 6.07) is 6.48. The van der Waals surface area contributed by atoms with Crippen LogP contribution in [0.25, 0.3) is 11.0 Å². The fourth-order valence-corrected chi connectivity index (χ4v) is 6.01. The lowest BCUT2D eigenvalue weighted by molar-refractivity contribution is -0.0870. The second-order valence-electron chi connectivity index (χ2n) is 10.9. The van der Waals surface area contributed by atoms with Crippen LogP contribution >= 0.6 is 0 Å². The highest BCUT2D eigenvalue weighted by Crippen LogP contribution is 2.63. The van der Waals surface area contributed by atoms with E-state index < -0.39 is 0 Å². The monoisotopic (exact) mass is 471 g/mol. The van der Waals surface area contributed by atoms with Gasteiger partial charge in [-0.3, -0.25) is 14.7 Å². The molecule has 8 heteroatoms. The lowest BCUT2D eigenvalue weighted by atomic mass is 9.49. The van der Waals surface area contributed by atoms with E-state index in [1.165, 1.54) is 5.56 Å². The molecule has 7 rings (SSSR count). The molecule has 2 atom stereocenters. The van der Waals surface area contributed by atoms with Crippen molar-refractivity contribution >= 4 is 22.9 Å². The highest BCUT2D eigenvalue weighted by Gasteiger charge is 2.59. The predicted molar refractivity (Wildman–Crippen MR) is 136 cm³/mol. The molecule has 182 valence electrons. The standard InChI is InChI=1S/C27H33N7O/c1-17(2)33-16-20(19-7-9-28-10-8-19)5-6-23(33)30-26-29-15-21-11-22(25(35)32(3)4)34(24(21)31-26)27-12-18(13-27)14-27/h5-11,15,17-18,20,23H,12-14,16H2,1-4H3,(H,29,30,31). The molecule has 3 aliphatic carbocycles. The van der Waals surface area contributed by atoms with Gasteiger partial charge in [-0.15, -0.1) is 0 Å². The number of hydrogen-bond donors (Lipinski definition) is 1. The molecular weight excluding hydrogens is 438 g/mol. The molecule has 3 aromatic heterocycles. The Labute approximate surface area is 206 Å². The zero-order valence-electron chi connectivity index (χ0n) is 20.8. The number of carbonyl (C=O) groups is 1. The van der Waals surface area contributed by atoms with Crippen LogP contribution in [0, 0.1) is 5.92 Å². The van der Waals surface area contributed by atoms with Gasteiger partial charge in [-0.1, -0.05) is 12.2 Å². The molecule has 1 aliphatic heterocycles. The van der Waals surface area contributed by atoms with Crippen LogP contribution < -0.4 is 5.32 Å². The average Bonchev–Trinajstić information content (AvgIpc) is 3.16. The van der Waals surface area contributed by atoms with Gasteiger partial charge in [0.25, 0.3) is 5.91 Å². The van der Waals surface area contributed by atoms with E-state index in [4.69, 9.17) is 4.98 Å². The van der Waals surface area contributed by atoms with E-state index in [2.05, 4.69) is 62.9 Å². The van der Waals surface area contributed by atoms with Crippen molar-refractivity contribution in [3.63, 3.8) is 0 Å². The predicted octanol–water partition coefficient (Wildman–Crippen LogP) is 3.84. The molecule has 2 unspecified atom stereocenters. The molecule has 1 amide bonds. The van der Waals surface area contributed by atoms with Crippen LogP contribution in [-0.4, -0.2) is 68.1 Å². The van der Waals surface area contributed by atoms with Gasteiger partial charge >= 0.3 is 0 Å². The molecule has 0 spiro atoms. The molecule has 1 N–H and O–H groups in total. The Morgan fingerprint density at radius 3 is 2.54 bits per heavy atom. The molecule has 3 aromatic rings. The second kappa shape index (κ2) is 8.16. The molecule has 0 saturated heterocycles. The average molecular weight is 472 g/mol. The first-order valence-corrected chi connectivity index (χ1v) is 12.6. The lowest BCUT2D eigenvalue weighted by Gasteiger charge is -2.62. The molecular formula is C27H33N7O. The van der Waals surface area contributed by atoms with Crippen molar-refractivity contribution in [1.29, 1.82) is 0 Å². The Morgan fingerprint density at radius 1 is 1.17 bits per heavy atom. The molecule has 4 aliphatic rings. The number of fused-ring (bicyclic) bond motifs is 1. The van der Waals surface area contributed by atoms with Crippen molar-refractivity contribution in [1.82, 2.24) is 29.3 Å². The number of hydrogen-bond acceptors (Lipinski definition) is 6. The maximum Gasteiger partial charge on any atom is 0.270 e. The smallest absolute Gasteiger partial charge is 0.270 e. The molecule has 35 heavy (non-hydrogen) atoms.